The molecule has 0 amide bonds. The van der Waals surface area contributed by atoms with Crippen LogP contribution in [0.3, 0.4) is 0 Å². The average molecular weight is 401 g/mol. The summed E-state index contributed by atoms with van der Waals surface area (Å²) in [4.78, 5) is 8.88. The second kappa shape index (κ2) is 9.73. The van der Waals surface area contributed by atoms with Gasteiger partial charge in [0.25, 0.3) is 0 Å². The molecule has 1 saturated heterocycles. The van der Waals surface area contributed by atoms with E-state index >= 15 is 0 Å². The Hall–Kier alpha value is -1.09. The lowest BCUT2D eigenvalue weighted by molar-refractivity contribution is 0.00845. The van der Waals surface area contributed by atoms with Gasteiger partial charge in [-0.1, -0.05) is 24.2 Å². The molecule has 1 aromatic rings. The topological polar surface area (TPSA) is 68.2 Å². The molecule has 0 spiro atoms. The van der Waals surface area contributed by atoms with Crippen molar-refractivity contribution < 1.29 is 18.0 Å². The van der Waals surface area contributed by atoms with Crippen molar-refractivity contribution in [1.82, 2.24) is 4.90 Å². The minimum absolute atomic E-state index is 0.360. The Bertz CT molecular complexity index is 673. The van der Waals surface area contributed by atoms with Gasteiger partial charge in [0, 0.05) is 23.5 Å². The predicted octanol–water partition coefficient (Wildman–Crippen LogP) is 2.59. The number of thioether (sulfide) groups is 1. The van der Waals surface area contributed by atoms with E-state index in [1.54, 1.807) is 18.7 Å². The molecule has 2 rings (SSSR count). The van der Waals surface area contributed by atoms with Crippen LogP contribution in [0, 0.1) is 0 Å². The third kappa shape index (κ3) is 5.22. The summed E-state index contributed by atoms with van der Waals surface area (Å²) < 4.78 is 28.1. The van der Waals surface area contributed by atoms with E-state index in [0.29, 0.717) is 19.6 Å². The van der Waals surface area contributed by atoms with E-state index in [0.717, 1.165) is 29.3 Å². The molecule has 0 N–H and O–H groups in total. The van der Waals surface area contributed by atoms with Gasteiger partial charge in [0.1, 0.15) is 5.71 Å². The number of hydrogen-bond acceptors (Lipinski definition) is 7. The lowest BCUT2D eigenvalue weighted by Crippen LogP contribution is -2.54. The third-order valence-corrected chi connectivity index (χ3v) is 6.27. The summed E-state index contributed by atoms with van der Waals surface area (Å²) in [6.07, 6.45) is 2.39. The summed E-state index contributed by atoms with van der Waals surface area (Å²) in [6, 6.07) is 8.09. The lowest BCUT2D eigenvalue weighted by atomic mass is 9.90. The van der Waals surface area contributed by atoms with E-state index in [4.69, 9.17) is 9.57 Å². The number of rotatable bonds is 8. The van der Waals surface area contributed by atoms with Gasteiger partial charge in [-0.15, -0.1) is 11.8 Å². The first-order chi connectivity index (χ1) is 12.4. The second-order valence-electron chi connectivity index (χ2n) is 6.58. The SMILES string of the molecule is CCC(ON=C(c1ccc(SC)cc1)C(C)(C)N1CCOCC1)[SH](=O)=O. The summed E-state index contributed by atoms with van der Waals surface area (Å²) in [7, 11) is -2.69. The number of benzene rings is 1. The Morgan fingerprint density at radius 3 is 2.42 bits per heavy atom. The highest BCUT2D eigenvalue weighted by molar-refractivity contribution is 7.98. The number of oxime groups is 1. The Balaban J connectivity index is 2.38. The van der Waals surface area contributed by atoms with Crippen molar-refractivity contribution in [2.75, 3.05) is 32.6 Å². The van der Waals surface area contributed by atoms with Crippen LogP contribution in [-0.2, 0) is 20.3 Å². The minimum atomic E-state index is -2.69. The summed E-state index contributed by atoms with van der Waals surface area (Å²) in [5.41, 5.74) is 0.320. The van der Waals surface area contributed by atoms with Crippen LogP contribution in [0.5, 0.6) is 0 Å². The highest BCUT2D eigenvalue weighted by Gasteiger charge is 2.35. The van der Waals surface area contributed by atoms with E-state index < -0.39 is 21.7 Å². The Labute approximate surface area is 161 Å². The van der Waals surface area contributed by atoms with Gasteiger partial charge in [-0.05, 0) is 38.7 Å². The molecular weight excluding hydrogens is 372 g/mol. The van der Waals surface area contributed by atoms with Gasteiger partial charge in [-0.3, -0.25) is 4.90 Å². The normalized spacial score (nSPS) is 18.1. The maximum absolute atomic E-state index is 11.3. The van der Waals surface area contributed by atoms with Gasteiger partial charge in [-0.25, -0.2) is 8.42 Å². The van der Waals surface area contributed by atoms with Crippen LogP contribution in [0.15, 0.2) is 34.3 Å². The highest BCUT2D eigenvalue weighted by atomic mass is 32.2. The summed E-state index contributed by atoms with van der Waals surface area (Å²) in [5.74, 6) is 0. The number of thiol groups is 1. The summed E-state index contributed by atoms with van der Waals surface area (Å²) in [6.45, 7) is 8.87. The van der Waals surface area contributed by atoms with E-state index in [-0.39, 0.29) is 0 Å². The molecule has 1 heterocycles. The van der Waals surface area contributed by atoms with Crippen molar-refractivity contribution in [1.29, 1.82) is 0 Å². The first-order valence-corrected chi connectivity index (χ1v) is 11.2. The maximum atomic E-state index is 11.3. The Morgan fingerprint density at radius 2 is 1.92 bits per heavy atom. The maximum Gasteiger partial charge on any atom is 0.224 e. The molecule has 0 aromatic heterocycles. The molecule has 26 heavy (non-hydrogen) atoms. The van der Waals surface area contributed by atoms with Gasteiger partial charge in [0.2, 0.25) is 5.44 Å². The van der Waals surface area contributed by atoms with Crippen molar-refractivity contribution in [2.24, 2.45) is 5.16 Å². The highest BCUT2D eigenvalue weighted by Crippen LogP contribution is 2.25. The van der Waals surface area contributed by atoms with Crippen LogP contribution in [0.25, 0.3) is 0 Å². The van der Waals surface area contributed by atoms with E-state index in [9.17, 15) is 8.42 Å². The first kappa shape index (κ1) is 21.2. The van der Waals surface area contributed by atoms with Crippen molar-refractivity contribution in [3.05, 3.63) is 29.8 Å². The fourth-order valence-electron chi connectivity index (χ4n) is 2.91. The fraction of sp³-hybridized carbons (Fsp3) is 0.611. The molecule has 8 heteroatoms. The van der Waals surface area contributed by atoms with Crippen molar-refractivity contribution in [3.63, 3.8) is 0 Å². The lowest BCUT2D eigenvalue weighted by Gasteiger charge is -2.41. The van der Waals surface area contributed by atoms with Crippen LogP contribution in [0.1, 0.15) is 32.8 Å². The molecule has 0 saturated carbocycles. The van der Waals surface area contributed by atoms with Gasteiger partial charge < -0.3 is 9.57 Å². The number of morpholine rings is 1. The molecule has 0 bridgehead atoms. The molecule has 1 unspecified atom stereocenters. The summed E-state index contributed by atoms with van der Waals surface area (Å²) >= 11 is 1.67. The molecule has 6 nitrogen and oxygen atoms in total. The Morgan fingerprint density at radius 1 is 1.31 bits per heavy atom. The second-order valence-corrected chi connectivity index (χ2v) is 8.61. The quantitative estimate of drug-likeness (QED) is 0.313. The zero-order chi connectivity index (χ0) is 19.2. The van der Waals surface area contributed by atoms with Crippen LogP contribution >= 0.6 is 11.8 Å². The Kier molecular flexibility index (Phi) is 7.94. The zero-order valence-electron chi connectivity index (χ0n) is 15.8. The van der Waals surface area contributed by atoms with Crippen molar-refractivity contribution >= 4 is 28.2 Å². The third-order valence-electron chi connectivity index (χ3n) is 4.59. The molecule has 1 aliphatic heterocycles. The fourth-order valence-corrected chi connectivity index (χ4v) is 3.74. The van der Waals surface area contributed by atoms with E-state index in [1.165, 1.54) is 0 Å². The molecule has 1 aliphatic rings. The largest absolute Gasteiger partial charge is 0.379 e. The average Bonchev–Trinajstić information content (AvgIpc) is 2.65. The molecule has 0 radical (unpaired) electrons. The standard InChI is InChI=1S/C18H28N2O4S2/c1-5-16(26(21)22)24-19-17(14-6-8-15(25-4)9-7-14)18(2,3)20-10-12-23-13-11-20/h6-9,16,26H,5,10-13H2,1-4H3. The molecule has 1 aromatic carbocycles. The van der Waals surface area contributed by atoms with Crippen LogP contribution in [0.4, 0.5) is 0 Å². The molecule has 1 fully saturated rings. The van der Waals surface area contributed by atoms with Crippen LogP contribution < -0.4 is 0 Å². The van der Waals surface area contributed by atoms with Crippen LogP contribution in [-0.4, -0.2) is 62.6 Å². The number of ether oxygens (including phenoxy) is 1. The van der Waals surface area contributed by atoms with E-state index in [2.05, 4.69) is 23.9 Å². The molecule has 146 valence electrons. The predicted molar refractivity (Wildman–Crippen MR) is 107 cm³/mol. The van der Waals surface area contributed by atoms with Gasteiger partial charge >= 0.3 is 0 Å². The molecule has 0 aliphatic carbocycles. The van der Waals surface area contributed by atoms with Gasteiger partial charge in [0.05, 0.1) is 18.8 Å². The zero-order valence-corrected chi connectivity index (χ0v) is 17.5. The van der Waals surface area contributed by atoms with Crippen molar-refractivity contribution in [2.45, 2.75) is 43.1 Å². The summed E-state index contributed by atoms with van der Waals surface area (Å²) in [5, 5.41) is 4.33. The monoisotopic (exact) mass is 400 g/mol. The minimum Gasteiger partial charge on any atom is -0.379 e. The van der Waals surface area contributed by atoms with E-state index in [1.807, 2.05) is 30.5 Å². The number of nitrogens with zero attached hydrogens (tertiary/aromatic N) is 2. The van der Waals surface area contributed by atoms with Gasteiger partial charge in [-0.2, -0.15) is 0 Å². The van der Waals surface area contributed by atoms with Gasteiger partial charge in [0.15, 0.2) is 10.7 Å². The smallest absolute Gasteiger partial charge is 0.224 e. The molecule has 1 atom stereocenters. The first-order valence-electron chi connectivity index (χ1n) is 8.75. The number of hydrogen-bond donors (Lipinski definition) is 1. The van der Waals surface area contributed by atoms with Crippen molar-refractivity contribution in [3.8, 4) is 0 Å². The van der Waals surface area contributed by atoms with Crippen LogP contribution in [0.2, 0.25) is 0 Å². The molecular formula is C18H28N2O4S2.